The lowest BCUT2D eigenvalue weighted by atomic mass is 10.3. The lowest BCUT2D eigenvalue weighted by Gasteiger charge is -2.04. The van der Waals surface area contributed by atoms with Crippen LogP contribution in [0, 0.1) is 3.95 Å². The number of carboxylic acids is 1. The summed E-state index contributed by atoms with van der Waals surface area (Å²) < 4.78 is 1.27. The topological polar surface area (TPSA) is 77.6 Å². The molecule has 0 atom stereocenters. The molecule has 2 aromatic rings. The second kappa shape index (κ2) is 6.57. The van der Waals surface area contributed by atoms with Crippen molar-refractivity contribution in [3.05, 3.63) is 37.1 Å². The van der Waals surface area contributed by atoms with E-state index in [0.29, 0.717) is 20.6 Å². The fraction of sp³-hybridized carbons (Fsp3) is 0.0833. The second-order valence-electron chi connectivity index (χ2n) is 3.90. The van der Waals surface area contributed by atoms with E-state index in [1.165, 1.54) is 6.21 Å². The summed E-state index contributed by atoms with van der Waals surface area (Å²) >= 11 is 17.7. The monoisotopic (exact) mass is 361 g/mol. The summed E-state index contributed by atoms with van der Waals surface area (Å²) in [5, 5.41) is 21.4. The van der Waals surface area contributed by atoms with Crippen molar-refractivity contribution in [2.24, 2.45) is 4.99 Å². The first-order valence-electron chi connectivity index (χ1n) is 5.49. The fourth-order valence-electron chi connectivity index (χ4n) is 1.51. The quantitative estimate of drug-likeness (QED) is 0.670. The van der Waals surface area contributed by atoms with Crippen LogP contribution in [0.5, 0.6) is 5.88 Å². The molecule has 110 valence electrons. The normalized spacial score (nSPS) is 11.1. The highest BCUT2D eigenvalue weighted by Gasteiger charge is 2.10. The van der Waals surface area contributed by atoms with E-state index in [4.69, 9.17) is 35.4 Å². The molecule has 0 amide bonds. The van der Waals surface area contributed by atoms with Crippen LogP contribution in [0.3, 0.4) is 0 Å². The number of thiazole rings is 1. The molecule has 9 heteroatoms. The maximum atomic E-state index is 10.6. The van der Waals surface area contributed by atoms with Crippen LogP contribution in [0.2, 0.25) is 10.0 Å². The third-order valence-corrected chi connectivity index (χ3v) is 4.17. The van der Waals surface area contributed by atoms with Gasteiger partial charge in [-0.25, -0.2) is 0 Å². The van der Waals surface area contributed by atoms with E-state index in [1.54, 1.807) is 18.2 Å². The Morgan fingerprint density at radius 3 is 2.62 bits per heavy atom. The number of nitrogens with zero attached hydrogens (tertiary/aromatic N) is 2. The minimum atomic E-state index is -1.34. The summed E-state index contributed by atoms with van der Waals surface area (Å²) in [5.74, 6) is -1.62. The molecule has 1 aromatic carbocycles. The summed E-state index contributed by atoms with van der Waals surface area (Å²) in [6.45, 7) is -0.516. The number of carbonyl (C=O) groups is 1. The van der Waals surface area contributed by atoms with Crippen LogP contribution in [0.25, 0.3) is 0 Å². The van der Waals surface area contributed by atoms with Crippen LogP contribution in [0.1, 0.15) is 4.88 Å². The fourth-order valence-corrected chi connectivity index (χ4v) is 3.20. The number of rotatable bonds is 4. The molecule has 0 saturated carbocycles. The number of aromatic hydroxyl groups is 1. The van der Waals surface area contributed by atoms with E-state index in [0.717, 1.165) is 15.9 Å². The number of carboxylic acid groups (broad SMARTS) is 1. The molecule has 0 aliphatic heterocycles. The molecule has 0 radical (unpaired) electrons. The number of aliphatic imine (C=N–C) groups is 1. The van der Waals surface area contributed by atoms with Gasteiger partial charge >= 0.3 is 0 Å². The second-order valence-corrected chi connectivity index (χ2v) is 6.45. The number of benzene rings is 1. The summed E-state index contributed by atoms with van der Waals surface area (Å²) in [7, 11) is 0. The first-order valence-corrected chi connectivity index (χ1v) is 7.47. The van der Waals surface area contributed by atoms with Gasteiger partial charge in [0.05, 0.1) is 24.4 Å². The average Bonchev–Trinajstić information content (AvgIpc) is 2.62. The molecule has 1 heterocycles. The van der Waals surface area contributed by atoms with Crippen molar-refractivity contribution in [2.45, 2.75) is 6.54 Å². The highest BCUT2D eigenvalue weighted by Crippen LogP contribution is 2.27. The van der Waals surface area contributed by atoms with Crippen molar-refractivity contribution in [1.82, 2.24) is 4.57 Å². The number of carbonyl (C=O) groups excluding carboxylic acids is 1. The van der Waals surface area contributed by atoms with Crippen molar-refractivity contribution in [2.75, 3.05) is 0 Å². The lowest BCUT2D eigenvalue weighted by molar-refractivity contribution is -0.306. The van der Waals surface area contributed by atoms with Crippen LogP contribution >= 0.6 is 46.8 Å². The maximum Gasteiger partial charge on any atom is 0.212 e. The molecule has 0 unspecified atom stereocenters. The smallest absolute Gasteiger partial charge is 0.212 e. The van der Waals surface area contributed by atoms with Crippen LogP contribution in [0.4, 0.5) is 5.69 Å². The third-order valence-electron chi connectivity index (χ3n) is 2.36. The van der Waals surface area contributed by atoms with Gasteiger partial charge in [0.25, 0.3) is 0 Å². The minimum Gasteiger partial charge on any atom is -0.548 e. The van der Waals surface area contributed by atoms with Crippen molar-refractivity contribution in [3.8, 4) is 5.88 Å². The van der Waals surface area contributed by atoms with Crippen LogP contribution in [-0.4, -0.2) is 21.9 Å². The van der Waals surface area contributed by atoms with E-state index in [-0.39, 0.29) is 9.83 Å². The van der Waals surface area contributed by atoms with Crippen molar-refractivity contribution in [3.63, 3.8) is 0 Å². The summed E-state index contributed by atoms with van der Waals surface area (Å²) in [4.78, 5) is 15.0. The van der Waals surface area contributed by atoms with Gasteiger partial charge in [-0.2, -0.15) is 0 Å². The molecule has 1 N–H and O–H groups in total. The van der Waals surface area contributed by atoms with E-state index in [1.807, 2.05) is 0 Å². The molecule has 0 aliphatic rings. The Balaban J connectivity index is 2.33. The van der Waals surface area contributed by atoms with Gasteiger partial charge in [-0.3, -0.25) is 9.56 Å². The highest BCUT2D eigenvalue weighted by molar-refractivity contribution is 7.73. The van der Waals surface area contributed by atoms with E-state index < -0.39 is 12.5 Å². The molecule has 5 nitrogen and oxygen atoms in total. The van der Waals surface area contributed by atoms with Crippen LogP contribution < -0.4 is 5.11 Å². The zero-order valence-corrected chi connectivity index (χ0v) is 13.4. The van der Waals surface area contributed by atoms with Gasteiger partial charge in [0, 0.05) is 10.0 Å². The van der Waals surface area contributed by atoms with Gasteiger partial charge in [0.15, 0.2) is 3.95 Å². The summed E-state index contributed by atoms with van der Waals surface area (Å²) in [6, 6.07) is 4.76. The molecule has 0 fully saturated rings. The van der Waals surface area contributed by atoms with Gasteiger partial charge in [0.1, 0.15) is 4.88 Å². The molecular formula is C12H7Cl2N2O3S2-. The van der Waals surface area contributed by atoms with E-state index in [9.17, 15) is 15.0 Å². The molecular weight excluding hydrogens is 355 g/mol. The Morgan fingerprint density at radius 1 is 1.43 bits per heavy atom. The van der Waals surface area contributed by atoms with Crippen molar-refractivity contribution < 1.29 is 15.0 Å². The SMILES string of the molecule is O=C([O-])Cn1c(O)c(C=Nc2cc(Cl)cc(Cl)c2)sc1=S. The zero-order chi connectivity index (χ0) is 15.6. The summed E-state index contributed by atoms with van der Waals surface area (Å²) in [6.07, 6.45) is 1.36. The van der Waals surface area contributed by atoms with Crippen LogP contribution in [-0.2, 0) is 11.3 Å². The standard InChI is InChI=1S/C12H8Cl2N2O3S2/c13-6-1-7(14)3-8(2-6)15-4-9-11(19)16(5-10(17)18)12(20)21-9/h1-4,19H,5H2,(H,17,18)/p-1. The first kappa shape index (κ1) is 16.0. The van der Waals surface area contributed by atoms with Gasteiger partial charge < -0.3 is 15.0 Å². The lowest BCUT2D eigenvalue weighted by Crippen LogP contribution is -2.27. The Hall–Kier alpha value is -1.41. The molecule has 0 bridgehead atoms. The maximum absolute atomic E-state index is 10.6. The molecule has 2 rings (SSSR count). The average molecular weight is 362 g/mol. The number of hydrogen-bond donors (Lipinski definition) is 1. The molecule has 1 aromatic heterocycles. The number of halogens is 2. The van der Waals surface area contributed by atoms with Crippen LogP contribution in [0.15, 0.2) is 23.2 Å². The van der Waals surface area contributed by atoms with Crippen molar-refractivity contribution in [1.29, 1.82) is 0 Å². The highest BCUT2D eigenvalue weighted by atomic mass is 35.5. The zero-order valence-electron chi connectivity index (χ0n) is 10.2. The van der Waals surface area contributed by atoms with Gasteiger partial charge in [0.2, 0.25) is 5.88 Å². The van der Waals surface area contributed by atoms with Gasteiger partial charge in [-0.05, 0) is 30.4 Å². The van der Waals surface area contributed by atoms with E-state index in [2.05, 4.69) is 4.99 Å². The molecule has 21 heavy (non-hydrogen) atoms. The van der Waals surface area contributed by atoms with E-state index >= 15 is 0 Å². The van der Waals surface area contributed by atoms with Gasteiger partial charge in [-0.1, -0.05) is 34.5 Å². The van der Waals surface area contributed by atoms with Crippen molar-refractivity contribution >= 4 is 64.6 Å². The minimum absolute atomic E-state index is 0.210. The first-order chi connectivity index (χ1) is 9.86. The third kappa shape index (κ3) is 4.04. The predicted molar refractivity (Wildman–Crippen MR) is 83.5 cm³/mol. The number of aromatic nitrogens is 1. The Kier molecular flexibility index (Phi) is 5.00. The predicted octanol–water partition coefficient (Wildman–Crippen LogP) is 2.79. The Morgan fingerprint density at radius 2 is 2.05 bits per heavy atom. The van der Waals surface area contributed by atoms with Gasteiger partial charge in [-0.15, -0.1) is 0 Å². The molecule has 0 spiro atoms. The Labute approximate surface area is 138 Å². The molecule has 0 saturated heterocycles. The number of aliphatic carboxylic acids is 1. The summed E-state index contributed by atoms with van der Waals surface area (Å²) in [5.41, 5.74) is 0.498. The molecule has 0 aliphatic carbocycles. The largest absolute Gasteiger partial charge is 0.548 e. The number of hydrogen-bond acceptors (Lipinski definition) is 6. The Bertz CT molecular complexity index is 763.